The van der Waals surface area contributed by atoms with Crippen molar-refractivity contribution >= 4 is 18.1 Å². The third kappa shape index (κ3) is 1.84. The maximum absolute atomic E-state index is 2.82. The number of hydrogen-bond donors (Lipinski definition) is 0. The minimum absolute atomic E-state index is 1.03. The molecule has 0 aromatic heterocycles. The van der Waals surface area contributed by atoms with Gasteiger partial charge in [0, 0.05) is 0 Å². The standard InChI is InChI=1S/C2H5BSi/c3-1-2-4/h3H2,4H3. The zero-order valence-electron chi connectivity index (χ0n) is 3.00. The molecule has 4 heavy (non-hydrogen) atoms. The van der Waals surface area contributed by atoms with Gasteiger partial charge in [-0.3, -0.25) is 0 Å². The van der Waals surface area contributed by atoms with Crippen molar-refractivity contribution in [1.82, 2.24) is 0 Å². The molecule has 0 saturated heterocycles. The second-order valence-electron chi connectivity index (χ2n) is 0.500. The van der Waals surface area contributed by atoms with E-state index >= 15 is 0 Å². The molecule has 0 atom stereocenters. The van der Waals surface area contributed by atoms with Crippen molar-refractivity contribution in [1.29, 1.82) is 0 Å². The van der Waals surface area contributed by atoms with Crippen LogP contribution in [0.4, 0.5) is 0 Å². The summed E-state index contributed by atoms with van der Waals surface area (Å²) in [5, 5.41) is 0. The van der Waals surface area contributed by atoms with Crippen LogP contribution in [0.5, 0.6) is 0 Å². The molecule has 0 fully saturated rings. The SMILES string of the molecule is BC#C[SiH3]. The van der Waals surface area contributed by atoms with E-state index in [1.54, 1.807) is 0 Å². The highest BCUT2D eigenvalue weighted by atomic mass is 28.1. The van der Waals surface area contributed by atoms with Crippen molar-refractivity contribution in [3.8, 4) is 11.4 Å². The highest BCUT2D eigenvalue weighted by Gasteiger charge is 1.29. The first-order chi connectivity index (χ1) is 1.91. The second kappa shape index (κ2) is 2.84. The van der Waals surface area contributed by atoms with Crippen molar-refractivity contribution in [3.05, 3.63) is 0 Å². The van der Waals surface area contributed by atoms with Gasteiger partial charge in [-0.2, -0.15) is 11.4 Å². The van der Waals surface area contributed by atoms with E-state index < -0.39 is 0 Å². The van der Waals surface area contributed by atoms with Crippen LogP contribution in [-0.2, 0) is 0 Å². The van der Waals surface area contributed by atoms with E-state index in [0.717, 1.165) is 10.2 Å². The third-order valence-electron chi connectivity index (χ3n) is 0.250. The molecule has 0 aromatic carbocycles. The summed E-state index contributed by atoms with van der Waals surface area (Å²) in [6, 6.07) is 0. The van der Waals surface area contributed by atoms with E-state index in [1.807, 2.05) is 7.85 Å². The first-order valence-corrected chi connectivity index (χ1v) is 2.25. The van der Waals surface area contributed by atoms with Crippen LogP contribution in [0.3, 0.4) is 0 Å². The lowest BCUT2D eigenvalue weighted by molar-refractivity contribution is 2.95. The lowest BCUT2D eigenvalue weighted by Gasteiger charge is -1.39. The average Bonchev–Trinajstić information content (AvgIpc) is 1.37. The predicted molar refractivity (Wildman–Crippen MR) is 26.3 cm³/mol. The first-order valence-electron chi connectivity index (χ1n) is 1.25. The molecule has 0 aliphatic heterocycles. The minimum atomic E-state index is 1.03. The van der Waals surface area contributed by atoms with Crippen molar-refractivity contribution in [2.75, 3.05) is 0 Å². The van der Waals surface area contributed by atoms with Gasteiger partial charge in [-0.05, 0) is 0 Å². The Kier molecular flexibility index (Phi) is 2.73. The summed E-state index contributed by atoms with van der Waals surface area (Å²) in [6.45, 7) is 0. The Balaban J connectivity index is 2.83. The largest absolute Gasteiger partial charge is 0.194 e. The van der Waals surface area contributed by atoms with Crippen molar-refractivity contribution < 1.29 is 0 Å². The molecule has 0 aliphatic rings. The fourth-order valence-electron chi connectivity index (χ4n) is 0. The molecule has 20 valence electrons. The smallest absolute Gasteiger partial charge is 0.173 e. The van der Waals surface area contributed by atoms with Crippen LogP contribution in [0.15, 0.2) is 0 Å². The van der Waals surface area contributed by atoms with Crippen molar-refractivity contribution in [3.63, 3.8) is 0 Å². The summed E-state index contributed by atoms with van der Waals surface area (Å²) in [5.74, 6) is 2.74. The third-order valence-corrected chi connectivity index (χ3v) is 0.750. The number of rotatable bonds is 0. The monoisotopic (exact) mass is 68.0 g/mol. The van der Waals surface area contributed by atoms with Gasteiger partial charge < -0.3 is 0 Å². The second-order valence-corrected chi connectivity index (χ2v) is 1.00. The molecule has 0 bridgehead atoms. The maximum Gasteiger partial charge on any atom is 0.194 e. The lowest BCUT2D eigenvalue weighted by Crippen LogP contribution is -1.48. The summed E-state index contributed by atoms with van der Waals surface area (Å²) in [7, 11) is 2.88. The average molecular weight is 68.0 g/mol. The molecule has 0 spiro atoms. The van der Waals surface area contributed by atoms with E-state index in [9.17, 15) is 0 Å². The Morgan fingerprint density at radius 3 is 2.00 bits per heavy atom. The molecule has 0 aromatic rings. The van der Waals surface area contributed by atoms with E-state index in [2.05, 4.69) is 11.4 Å². The van der Waals surface area contributed by atoms with Crippen LogP contribution in [0.1, 0.15) is 0 Å². The van der Waals surface area contributed by atoms with Gasteiger partial charge in [0.25, 0.3) is 0 Å². The highest BCUT2D eigenvalue weighted by molar-refractivity contribution is 6.30. The van der Waals surface area contributed by atoms with E-state index in [0.29, 0.717) is 0 Å². The summed E-state index contributed by atoms with van der Waals surface area (Å²) in [4.78, 5) is 0. The Morgan fingerprint density at radius 1 is 1.75 bits per heavy atom. The van der Waals surface area contributed by atoms with Crippen LogP contribution in [0, 0.1) is 11.4 Å². The summed E-state index contributed by atoms with van der Waals surface area (Å²) in [5.41, 5.74) is 2.82. The summed E-state index contributed by atoms with van der Waals surface area (Å²) >= 11 is 0. The lowest BCUT2D eigenvalue weighted by atomic mass is 10.2. The Bertz CT molecular complexity index is 42.8. The van der Waals surface area contributed by atoms with Crippen molar-refractivity contribution in [2.24, 2.45) is 0 Å². The highest BCUT2D eigenvalue weighted by Crippen LogP contribution is 1.21. The molecule has 0 saturated carbocycles. The van der Waals surface area contributed by atoms with Gasteiger partial charge >= 0.3 is 0 Å². The van der Waals surface area contributed by atoms with Crippen molar-refractivity contribution in [2.45, 2.75) is 0 Å². The van der Waals surface area contributed by atoms with Crippen LogP contribution < -0.4 is 0 Å². The fraction of sp³-hybridized carbons (Fsp3) is 0. The molecule has 0 nitrogen and oxygen atoms in total. The minimum Gasteiger partial charge on any atom is -0.173 e. The Labute approximate surface area is 30.4 Å². The number of hydrogen-bond acceptors (Lipinski definition) is 0. The molecule has 0 unspecified atom stereocenters. The molecule has 0 aliphatic carbocycles. The van der Waals surface area contributed by atoms with E-state index in [1.165, 1.54) is 0 Å². The Hall–Kier alpha value is -0.158. The fourth-order valence-corrected chi connectivity index (χ4v) is 0. The molecule has 0 heterocycles. The quantitative estimate of drug-likeness (QED) is 0.225. The zero-order chi connectivity index (χ0) is 3.41. The van der Waals surface area contributed by atoms with E-state index in [4.69, 9.17) is 0 Å². The topological polar surface area (TPSA) is 0 Å². The summed E-state index contributed by atoms with van der Waals surface area (Å²) < 4.78 is 0. The van der Waals surface area contributed by atoms with Gasteiger partial charge in [0.05, 0.1) is 10.2 Å². The zero-order valence-corrected chi connectivity index (χ0v) is 5.00. The predicted octanol–water partition coefficient (Wildman–Crippen LogP) is -2.10. The molecule has 0 N–H and O–H groups in total. The van der Waals surface area contributed by atoms with Gasteiger partial charge in [-0.1, -0.05) is 0 Å². The van der Waals surface area contributed by atoms with Gasteiger partial charge in [0.1, 0.15) is 0 Å². The molecule has 2 heteroatoms. The maximum atomic E-state index is 2.82. The first kappa shape index (κ1) is 3.84. The Morgan fingerprint density at radius 2 is 2.00 bits per heavy atom. The van der Waals surface area contributed by atoms with E-state index in [-0.39, 0.29) is 0 Å². The normalized spacial score (nSPS) is 4.00. The van der Waals surface area contributed by atoms with Gasteiger partial charge in [-0.25, -0.2) is 0 Å². The summed E-state index contributed by atoms with van der Waals surface area (Å²) in [6.07, 6.45) is 0. The van der Waals surface area contributed by atoms with Crippen LogP contribution in [0.25, 0.3) is 0 Å². The van der Waals surface area contributed by atoms with Crippen LogP contribution >= 0.6 is 0 Å². The molecular formula is C2H5BSi. The van der Waals surface area contributed by atoms with Gasteiger partial charge in [0.2, 0.25) is 0 Å². The molecule has 0 rings (SSSR count). The molecule has 0 radical (unpaired) electrons. The van der Waals surface area contributed by atoms with Crippen LogP contribution in [-0.4, -0.2) is 18.1 Å². The molecule has 0 amide bonds. The van der Waals surface area contributed by atoms with Gasteiger partial charge in [-0.15, -0.1) is 0 Å². The van der Waals surface area contributed by atoms with Crippen LogP contribution in [0.2, 0.25) is 0 Å². The van der Waals surface area contributed by atoms with Gasteiger partial charge in [0.15, 0.2) is 7.85 Å². The molecular weight excluding hydrogens is 62.9 g/mol.